The second-order valence-electron chi connectivity index (χ2n) is 6.48. The summed E-state index contributed by atoms with van der Waals surface area (Å²) in [6.45, 7) is 0. The molecule has 1 heterocycles. The predicted molar refractivity (Wildman–Crippen MR) is 105 cm³/mol. The van der Waals surface area contributed by atoms with Gasteiger partial charge >= 0.3 is 0 Å². The number of aromatic nitrogens is 4. The minimum atomic E-state index is -0.409. The third-order valence-electron chi connectivity index (χ3n) is 4.18. The van der Waals surface area contributed by atoms with Crippen LogP contribution in [0.3, 0.4) is 0 Å². The van der Waals surface area contributed by atoms with Gasteiger partial charge in [0.05, 0.1) is 22.7 Å². The zero-order valence-corrected chi connectivity index (χ0v) is 16.0. The monoisotopic (exact) mass is 412 g/mol. The first-order valence-corrected chi connectivity index (χ1v) is 9.95. The fourth-order valence-electron chi connectivity index (χ4n) is 2.64. The van der Waals surface area contributed by atoms with Gasteiger partial charge in [-0.05, 0) is 53.6 Å². The van der Waals surface area contributed by atoms with Crippen molar-refractivity contribution in [2.75, 3.05) is 11.1 Å². The standard InChI is InChI=1S/C19H17FN6O2S/c20-12-4-3-5-14(10-12)26-19(23-24-25-26)29-11-17(27)22-16-7-2-1-6-15(16)18(28)21-13-8-9-13/h1-7,10,13H,8-9,11H2,(H,21,28)(H,22,27). The summed E-state index contributed by atoms with van der Waals surface area (Å²) in [5, 5.41) is 17.3. The van der Waals surface area contributed by atoms with Gasteiger partial charge in [-0.25, -0.2) is 4.39 Å². The van der Waals surface area contributed by atoms with E-state index in [0.29, 0.717) is 22.1 Å². The molecule has 1 aliphatic carbocycles. The average Bonchev–Trinajstić information content (AvgIpc) is 3.40. The Morgan fingerprint density at radius 2 is 2.00 bits per heavy atom. The third-order valence-corrected chi connectivity index (χ3v) is 5.10. The molecule has 29 heavy (non-hydrogen) atoms. The summed E-state index contributed by atoms with van der Waals surface area (Å²) in [6.07, 6.45) is 1.97. The van der Waals surface area contributed by atoms with E-state index >= 15 is 0 Å². The van der Waals surface area contributed by atoms with Crippen molar-refractivity contribution in [3.05, 3.63) is 59.9 Å². The molecule has 3 aromatic rings. The number of rotatable bonds is 7. The SMILES string of the molecule is O=C(CSc1nnnn1-c1cccc(F)c1)Nc1ccccc1C(=O)NC1CC1. The molecule has 0 spiro atoms. The fraction of sp³-hybridized carbons (Fsp3) is 0.211. The van der Waals surface area contributed by atoms with Gasteiger partial charge in [0.15, 0.2) is 0 Å². The number of tetrazole rings is 1. The van der Waals surface area contributed by atoms with E-state index in [9.17, 15) is 14.0 Å². The van der Waals surface area contributed by atoms with Crippen LogP contribution in [0.1, 0.15) is 23.2 Å². The van der Waals surface area contributed by atoms with Crippen LogP contribution in [-0.2, 0) is 4.79 Å². The van der Waals surface area contributed by atoms with Crippen LogP contribution in [0.25, 0.3) is 5.69 Å². The Morgan fingerprint density at radius 1 is 1.17 bits per heavy atom. The van der Waals surface area contributed by atoms with Gasteiger partial charge in [-0.15, -0.1) is 5.10 Å². The lowest BCUT2D eigenvalue weighted by molar-refractivity contribution is -0.113. The van der Waals surface area contributed by atoms with Crippen LogP contribution < -0.4 is 10.6 Å². The first-order chi connectivity index (χ1) is 14.1. The second kappa shape index (κ2) is 8.39. The van der Waals surface area contributed by atoms with Crippen molar-refractivity contribution in [3.8, 4) is 5.69 Å². The minimum Gasteiger partial charge on any atom is -0.349 e. The number of nitrogens with zero attached hydrogens (tertiary/aromatic N) is 4. The van der Waals surface area contributed by atoms with Crippen molar-refractivity contribution in [1.29, 1.82) is 0 Å². The number of amides is 2. The average molecular weight is 412 g/mol. The highest BCUT2D eigenvalue weighted by Crippen LogP contribution is 2.22. The van der Waals surface area contributed by atoms with Crippen LogP contribution in [0.2, 0.25) is 0 Å². The Balaban J connectivity index is 1.41. The van der Waals surface area contributed by atoms with Crippen molar-refractivity contribution in [2.24, 2.45) is 0 Å². The molecule has 1 aromatic heterocycles. The molecule has 1 fully saturated rings. The van der Waals surface area contributed by atoms with Gasteiger partial charge in [0, 0.05) is 6.04 Å². The van der Waals surface area contributed by atoms with Gasteiger partial charge in [0.2, 0.25) is 11.1 Å². The van der Waals surface area contributed by atoms with Gasteiger partial charge in [-0.2, -0.15) is 4.68 Å². The second-order valence-corrected chi connectivity index (χ2v) is 7.43. The normalized spacial score (nSPS) is 13.1. The number of anilines is 1. The Hall–Kier alpha value is -3.27. The van der Waals surface area contributed by atoms with Crippen LogP contribution in [0.5, 0.6) is 0 Å². The smallest absolute Gasteiger partial charge is 0.253 e. The number of benzene rings is 2. The molecule has 0 bridgehead atoms. The molecule has 2 aromatic carbocycles. The minimum absolute atomic E-state index is 0.0221. The van der Waals surface area contributed by atoms with Crippen molar-refractivity contribution >= 4 is 29.3 Å². The van der Waals surface area contributed by atoms with Crippen LogP contribution in [0.15, 0.2) is 53.7 Å². The van der Waals surface area contributed by atoms with E-state index in [1.165, 1.54) is 16.8 Å². The number of halogens is 1. The molecule has 1 saturated carbocycles. The van der Waals surface area contributed by atoms with Crippen molar-refractivity contribution in [3.63, 3.8) is 0 Å². The lowest BCUT2D eigenvalue weighted by Gasteiger charge is -2.11. The zero-order chi connectivity index (χ0) is 20.2. The van der Waals surface area contributed by atoms with Gasteiger partial charge in [0.1, 0.15) is 5.82 Å². The number of hydrogen-bond donors (Lipinski definition) is 2. The highest BCUT2D eigenvalue weighted by atomic mass is 32.2. The van der Waals surface area contributed by atoms with Gasteiger partial charge in [-0.3, -0.25) is 9.59 Å². The molecule has 0 aliphatic heterocycles. The van der Waals surface area contributed by atoms with E-state index in [2.05, 4.69) is 26.2 Å². The van der Waals surface area contributed by atoms with Crippen LogP contribution >= 0.6 is 11.8 Å². The first kappa shape index (κ1) is 19.1. The first-order valence-electron chi connectivity index (χ1n) is 8.97. The molecule has 0 saturated heterocycles. The highest BCUT2D eigenvalue weighted by molar-refractivity contribution is 7.99. The van der Waals surface area contributed by atoms with Crippen molar-refractivity contribution in [1.82, 2.24) is 25.5 Å². The van der Waals surface area contributed by atoms with E-state index in [-0.39, 0.29) is 23.6 Å². The largest absolute Gasteiger partial charge is 0.349 e. The number of thioether (sulfide) groups is 1. The Morgan fingerprint density at radius 3 is 2.79 bits per heavy atom. The summed E-state index contributed by atoms with van der Waals surface area (Å²) < 4.78 is 14.8. The molecule has 2 amide bonds. The highest BCUT2D eigenvalue weighted by Gasteiger charge is 2.25. The van der Waals surface area contributed by atoms with E-state index in [4.69, 9.17) is 0 Å². The molecule has 2 N–H and O–H groups in total. The molecule has 0 radical (unpaired) electrons. The van der Waals surface area contributed by atoms with Crippen LogP contribution in [0, 0.1) is 5.82 Å². The molecule has 1 aliphatic rings. The Bertz CT molecular complexity index is 1050. The fourth-order valence-corrected chi connectivity index (χ4v) is 3.33. The Labute approximate surface area is 169 Å². The molecule has 10 heteroatoms. The van der Waals surface area contributed by atoms with E-state index in [1.54, 1.807) is 36.4 Å². The number of carbonyl (C=O) groups excluding carboxylic acids is 2. The molecule has 148 valence electrons. The topological polar surface area (TPSA) is 102 Å². The van der Waals surface area contributed by atoms with Gasteiger partial charge in [-0.1, -0.05) is 30.0 Å². The lowest BCUT2D eigenvalue weighted by atomic mass is 10.1. The third kappa shape index (κ3) is 4.77. The molecular weight excluding hydrogens is 395 g/mol. The zero-order valence-electron chi connectivity index (χ0n) is 15.2. The molecule has 0 unspecified atom stereocenters. The Kier molecular flexibility index (Phi) is 5.52. The molecule has 4 rings (SSSR count). The summed E-state index contributed by atoms with van der Waals surface area (Å²) >= 11 is 1.11. The summed E-state index contributed by atoms with van der Waals surface area (Å²) in [5.41, 5.74) is 1.32. The van der Waals surface area contributed by atoms with Crippen molar-refractivity contribution < 1.29 is 14.0 Å². The predicted octanol–water partition coefficient (Wildman–Crippen LogP) is 2.42. The number of nitrogens with one attached hydrogen (secondary N) is 2. The molecular formula is C19H17FN6O2S. The lowest BCUT2D eigenvalue weighted by Crippen LogP contribution is -2.27. The summed E-state index contributed by atoms with van der Waals surface area (Å²) in [6, 6.07) is 12.9. The maximum atomic E-state index is 13.4. The van der Waals surface area contributed by atoms with Crippen LogP contribution in [-0.4, -0.2) is 43.8 Å². The molecule has 8 nitrogen and oxygen atoms in total. The number of para-hydroxylation sites is 1. The van der Waals surface area contributed by atoms with Gasteiger partial charge < -0.3 is 10.6 Å². The van der Waals surface area contributed by atoms with E-state index in [1.807, 2.05) is 0 Å². The maximum Gasteiger partial charge on any atom is 0.253 e. The van der Waals surface area contributed by atoms with E-state index < -0.39 is 5.82 Å². The summed E-state index contributed by atoms with van der Waals surface area (Å²) in [4.78, 5) is 24.8. The summed E-state index contributed by atoms with van der Waals surface area (Å²) in [5.74, 6) is -0.900. The number of carbonyl (C=O) groups is 2. The van der Waals surface area contributed by atoms with E-state index in [0.717, 1.165) is 24.6 Å². The van der Waals surface area contributed by atoms with Crippen LogP contribution in [0.4, 0.5) is 10.1 Å². The van der Waals surface area contributed by atoms with Crippen molar-refractivity contribution in [2.45, 2.75) is 24.0 Å². The quantitative estimate of drug-likeness (QED) is 0.578. The maximum absolute atomic E-state index is 13.4. The molecule has 0 atom stereocenters. The number of hydrogen-bond acceptors (Lipinski definition) is 6. The summed E-state index contributed by atoms with van der Waals surface area (Å²) in [7, 11) is 0. The van der Waals surface area contributed by atoms with Gasteiger partial charge in [0.25, 0.3) is 5.91 Å².